The zero-order valence-electron chi connectivity index (χ0n) is 20.2. The number of aromatic nitrogens is 1. The van der Waals surface area contributed by atoms with Gasteiger partial charge in [0.1, 0.15) is 5.75 Å². The monoisotopic (exact) mass is 475 g/mol. The van der Waals surface area contributed by atoms with Gasteiger partial charge in [-0.3, -0.25) is 4.79 Å². The minimum atomic E-state index is -0.210. The van der Waals surface area contributed by atoms with E-state index in [1.54, 1.807) is 58.8 Å². The summed E-state index contributed by atoms with van der Waals surface area (Å²) in [6.07, 6.45) is 2.69. The number of ether oxygens (including phenoxy) is 4. The zero-order valence-corrected chi connectivity index (χ0v) is 20.2. The first-order valence-corrected chi connectivity index (χ1v) is 11.2. The van der Waals surface area contributed by atoms with E-state index >= 15 is 0 Å². The van der Waals surface area contributed by atoms with Crippen LogP contribution >= 0.6 is 0 Å². The van der Waals surface area contributed by atoms with Crippen molar-refractivity contribution in [2.75, 3.05) is 40.3 Å². The Labute approximate surface area is 204 Å². The van der Waals surface area contributed by atoms with Gasteiger partial charge in [-0.05, 0) is 36.2 Å². The van der Waals surface area contributed by atoms with Gasteiger partial charge in [-0.15, -0.1) is 0 Å². The number of benzene rings is 3. The number of nitrogens with one attached hydrogen (secondary N) is 3. The molecule has 0 unspecified atom stereocenters. The molecule has 0 aliphatic carbocycles. The van der Waals surface area contributed by atoms with Crippen molar-refractivity contribution in [3.05, 3.63) is 71.9 Å². The second-order valence-electron chi connectivity index (χ2n) is 7.82. The summed E-state index contributed by atoms with van der Waals surface area (Å²) in [4.78, 5) is 16.4. The van der Waals surface area contributed by atoms with Gasteiger partial charge in [-0.2, -0.15) is 0 Å². The Morgan fingerprint density at radius 3 is 2.31 bits per heavy atom. The Kier molecular flexibility index (Phi) is 7.30. The summed E-state index contributed by atoms with van der Waals surface area (Å²) >= 11 is 0. The van der Waals surface area contributed by atoms with E-state index < -0.39 is 0 Å². The summed E-state index contributed by atoms with van der Waals surface area (Å²) in [7, 11) is 6.23. The number of methoxy groups -OCH3 is 4. The van der Waals surface area contributed by atoms with Gasteiger partial charge in [0.2, 0.25) is 5.75 Å². The number of anilines is 2. The van der Waals surface area contributed by atoms with Crippen LogP contribution in [-0.4, -0.2) is 45.9 Å². The normalized spacial score (nSPS) is 10.6. The van der Waals surface area contributed by atoms with Crippen molar-refractivity contribution in [3.63, 3.8) is 0 Å². The van der Waals surface area contributed by atoms with Crippen LogP contribution < -0.4 is 29.6 Å². The maximum atomic E-state index is 13.2. The number of H-pyrrole nitrogens is 1. The van der Waals surface area contributed by atoms with Crippen LogP contribution in [0.3, 0.4) is 0 Å². The van der Waals surface area contributed by atoms with Crippen molar-refractivity contribution in [2.45, 2.75) is 6.42 Å². The molecule has 0 aliphatic heterocycles. The van der Waals surface area contributed by atoms with Crippen LogP contribution in [0.4, 0.5) is 11.4 Å². The van der Waals surface area contributed by atoms with Crippen LogP contribution in [0.25, 0.3) is 10.9 Å². The Bertz CT molecular complexity index is 1310. The molecule has 35 heavy (non-hydrogen) atoms. The number of carbonyl (C=O) groups is 1. The van der Waals surface area contributed by atoms with E-state index in [1.165, 1.54) is 0 Å². The first-order valence-electron chi connectivity index (χ1n) is 11.2. The molecular formula is C27H29N3O5. The number of fused-ring (bicyclic) bond motifs is 1. The molecule has 0 saturated carbocycles. The largest absolute Gasteiger partial charge is 0.497 e. The van der Waals surface area contributed by atoms with Crippen LogP contribution in [0.2, 0.25) is 0 Å². The van der Waals surface area contributed by atoms with Gasteiger partial charge in [0, 0.05) is 41.5 Å². The Morgan fingerprint density at radius 2 is 1.63 bits per heavy atom. The van der Waals surface area contributed by atoms with E-state index in [1.807, 2.05) is 24.4 Å². The minimum Gasteiger partial charge on any atom is -0.497 e. The highest BCUT2D eigenvalue weighted by Gasteiger charge is 2.17. The maximum Gasteiger partial charge on any atom is 0.253 e. The average Bonchev–Trinajstić information content (AvgIpc) is 3.31. The van der Waals surface area contributed by atoms with Gasteiger partial charge < -0.3 is 34.6 Å². The highest BCUT2D eigenvalue weighted by Crippen LogP contribution is 2.41. The van der Waals surface area contributed by atoms with Crippen LogP contribution in [0, 0.1) is 0 Å². The lowest BCUT2D eigenvalue weighted by molar-refractivity contribution is 0.0954. The number of carbonyl (C=O) groups excluding carboxylic acids is 1. The topological polar surface area (TPSA) is 93.8 Å². The molecule has 0 aliphatic rings. The molecular weight excluding hydrogens is 446 g/mol. The van der Waals surface area contributed by atoms with Crippen LogP contribution in [0.1, 0.15) is 15.9 Å². The highest BCUT2D eigenvalue weighted by molar-refractivity contribution is 6.01. The van der Waals surface area contributed by atoms with E-state index in [9.17, 15) is 4.79 Å². The summed E-state index contributed by atoms with van der Waals surface area (Å²) in [5.41, 5.74) is 3.99. The zero-order chi connectivity index (χ0) is 24.8. The first-order chi connectivity index (χ1) is 17.1. The van der Waals surface area contributed by atoms with Crippen molar-refractivity contribution in [3.8, 4) is 23.0 Å². The fourth-order valence-electron chi connectivity index (χ4n) is 4.00. The SMILES string of the molecule is COc1ccc(Nc2cc(OC)c(OC)c(OC)c2)c(C(=O)NCCc2c[nH]c3ccccc23)c1. The van der Waals surface area contributed by atoms with E-state index in [-0.39, 0.29) is 5.91 Å². The molecule has 8 nitrogen and oxygen atoms in total. The summed E-state index contributed by atoms with van der Waals surface area (Å²) in [5, 5.41) is 7.48. The van der Waals surface area contributed by atoms with Crippen molar-refractivity contribution in [1.29, 1.82) is 0 Å². The minimum absolute atomic E-state index is 0.210. The molecule has 1 heterocycles. The van der Waals surface area contributed by atoms with Gasteiger partial charge in [0.25, 0.3) is 5.91 Å². The quantitative estimate of drug-likeness (QED) is 0.302. The van der Waals surface area contributed by atoms with Crippen molar-refractivity contribution >= 4 is 28.2 Å². The molecule has 0 bridgehead atoms. The molecule has 1 amide bonds. The average molecular weight is 476 g/mol. The molecule has 0 atom stereocenters. The number of hydrogen-bond acceptors (Lipinski definition) is 6. The molecule has 4 aromatic rings. The van der Waals surface area contributed by atoms with Crippen molar-refractivity contribution in [2.24, 2.45) is 0 Å². The summed E-state index contributed by atoms with van der Waals surface area (Å²) in [5.74, 6) is 1.88. The van der Waals surface area contributed by atoms with Gasteiger partial charge in [-0.1, -0.05) is 18.2 Å². The Morgan fingerprint density at radius 1 is 0.886 bits per heavy atom. The summed E-state index contributed by atoms with van der Waals surface area (Å²) in [6, 6.07) is 17.0. The number of aromatic amines is 1. The fourth-order valence-corrected chi connectivity index (χ4v) is 4.00. The molecule has 0 spiro atoms. The third-order valence-corrected chi connectivity index (χ3v) is 5.77. The number of amides is 1. The van der Waals surface area contributed by atoms with Gasteiger partial charge >= 0.3 is 0 Å². The highest BCUT2D eigenvalue weighted by atomic mass is 16.5. The molecule has 0 radical (unpaired) electrons. The summed E-state index contributed by atoms with van der Waals surface area (Å²) in [6.45, 7) is 0.488. The van der Waals surface area contributed by atoms with Crippen LogP contribution in [0.15, 0.2) is 60.8 Å². The lowest BCUT2D eigenvalue weighted by Crippen LogP contribution is -2.26. The van der Waals surface area contributed by atoms with E-state index in [0.29, 0.717) is 52.9 Å². The predicted molar refractivity (Wildman–Crippen MR) is 137 cm³/mol. The Hall–Kier alpha value is -4.33. The molecule has 0 saturated heterocycles. The van der Waals surface area contributed by atoms with Crippen LogP contribution in [0.5, 0.6) is 23.0 Å². The smallest absolute Gasteiger partial charge is 0.253 e. The van der Waals surface area contributed by atoms with E-state index in [2.05, 4.69) is 21.7 Å². The lowest BCUT2D eigenvalue weighted by atomic mass is 10.1. The van der Waals surface area contributed by atoms with Gasteiger partial charge in [-0.25, -0.2) is 0 Å². The molecule has 4 rings (SSSR count). The van der Waals surface area contributed by atoms with Crippen molar-refractivity contribution in [1.82, 2.24) is 10.3 Å². The van der Waals surface area contributed by atoms with Gasteiger partial charge in [0.15, 0.2) is 11.5 Å². The van der Waals surface area contributed by atoms with Crippen molar-refractivity contribution < 1.29 is 23.7 Å². The predicted octanol–water partition coefficient (Wildman–Crippen LogP) is 4.92. The maximum absolute atomic E-state index is 13.2. The molecule has 3 N–H and O–H groups in total. The molecule has 1 aromatic heterocycles. The number of hydrogen-bond donors (Lipinski definition) is 3. The van der Waals surface area contributed by atoms with E-state index in [4.69, 9.17) is 18.9 Å². The Balaban J connectivity index is 1.54. The molecule has 182 valence electrons. The number of rotatable bonds is 10. The third kappa shape index (κ3) is 5.11. The number of para-hydroxylation sites is 1. The molecule has 8 heteroatoms. The first kappa shape index (κ1) is 23.8. The lowest BCUT2D eigenvalue weighted by Gasteiger charge is -2.17. The molecule has 0 fully saturated rings. The molecule has 3 aromatic carbocycles. The van der Waals surface area contributed by atoms with Gasteiger partial charge in [0.05, 0.1) is 39.7 Å². The second kappa shape index (κ2) is 10.7. The summed E-state index contributed by atoms with van der Waals surface area (Å²) < 4.78 is 21.6. The van der Waals surface area contributed by atoms with Crippen LogP contribution in [-0.2, 0) is 6.42 Å². The second-order valence-corrected chi connectivity index (χ2v) is 7.82. The van der Waals surface area contributed by atoms with E-state index in [0.717, 1.165) is 16.5 Å². The fraction of sp³-hybridized carbons (Fsp3) is 0.222. The third-order valence-electron chi connectivity index (χ3n) is 5.77. The standard InChI is InChI=1S/C27H29N3O5/c1-32-19-9-10-23(30-18-13-24(33-2)26(35-4)25(14-18)34-3)21(15-19)27(31)28-12-11-17-16-29-22-8-6-5-7-20(17)22/h5-10,13-16,29-30H,11-12H2,1-4H3,(H,28,31).